The fourth-order valence-electron chi connectivity index (χ4n) is 5.05. The van der Waals surface area contributed by atoms with Gasteiger partial charge in [0.05, 0.1) is 10.6 Å². The Morgan fingerprint density at radius 1 is 0.826 bits per heavy atom. The smallest absolute Gasteiger partial charge is 0.264 e. The highest BCUT2D eigenvalue weighted by atomic mass is 35.5. The Kier molecular flexibility index (Phi) is 11.7. The molecule has 1 atom stereocenters. The van der Waals surface area contributed by atoms with Crippen LogP contribution in [0.2, 0.25) is 5.02 Å². The summed E-state index contributed by atoms with van der Waals surface area (Å²) >= 11 is 6.47. The number of sulfonamides is 1. The van der Waals surface area contributed by atoms with E-state index in [4.69, 9.17) is 11.6 Å². The zero-order valence-corrected chi connectivity index (χ0v) is 28.6. The molecule has 0 aliphatic heterocycles. The number of rotatable bonds is 13. The normalized spacial score (nSPS) is 12.1. The molecule has 242 valence electrons. The van der Waals surface area contributed by atoms with Crippen LogP contribution in [-0.2, 0) is 32.6 Å². The molecule has 0 bridgehead atoms. The third-order valence-electron chi connectivity index (χ3n) is 7.89. The molecule has 46 heavy (non-hydrogen) atoms. The fourth-order valence-corrected chi connectivity index (χ4v) is 6.63. The minimum atomic E-state index is -4.21. The van der Waals surface area contributed by atoms with Gasteiger partial charge in [0.25, 0.3) is 10.0 Å². The highest BCUT2D eigenvalue weighted by molar-refractivity contribution is 7.92. The Labute approximate surface area is 278 Å². The second kappa shape index (κ2) is 15.4. The molecule has 9 heteroatoms. The van der Waals surface area contributed by atoms with Crippen molar-refractivity contribution in [1.82, 2.24) is 10.2 Å². The van der Waals surface area contributed by atoms with Crippen molar-refractivity contribution < 1.29 is 18.0 Å². The van der Waals surface area contributed by atoms with Crippen LogP contribution in [0.3, 0.4) is 0 Å². The second-order valence-electron chi connectivity index (χ2n) is 12.1. The van der Waals surface area contributed by atoms with Crippen LogP contribution in [0, 0.1) is 26.7 Å². The lowest BCUT2D eigenvalue weighted by molar-refractivity contribution is -0.140. The number of carbonyl (C=O) groups is 2. The molecule has 0 spiro atoms. The number of anilines is 1. The first-order valence-corrected chi connectivity index (χ1v) is 17.2. The number of halogens is 1. The van der Waals surface area contributed by atoms with Crippen molar-refractivity contribution in [1.29, 1.82) is 0 Å². The maximum atomic E-state index is 14.6. The minimum absolute atomic E-state index is 0.0450. The number of carbonyl (C=O) groups excluding carboxylic acids is 2. The maximum Gasteiger partial charge on any atom is 0.264 e. The van der Waals surface area contributed by atoms with Gasteiger partial charge >= 0.3 is 0 Å². The molecule has 4 rings (SSSR count). The fraction of sp³-hybridized carbons (Fsp3) is 0.297. The second-order valence-corrected chi connectivity index (χ2v) is 14.3. The molecule has 4 aromatic carbocycles. The quantitative estimate of drug-likeness (QED) is 0.170. The molecule has 7 nitrogen and oxygen atoms in total. The molecule has 0 saturated heterocycles. The van der Waals surface area contributed by atoms with Crippen LogP contribution in [-0.4, -0.2) is 44.3 Å². The van der Waals surface area contributed by atoms with E-state index in [1.165, 1.54) is 17.0 Å². The Bertz CT molecular complexity index is 1760. The number of hydrogen-bond donors (Lipinski definition) is 1. The van der Waals surface area contributed by atoms with E-state index < -0.39 is 28.5 Å². The first-order valence-electron chi connectivity index (χ1n) is 15.4. The van der Waals surface area contributed by atoms with Gasteiger partial charge < -0.3 is 10.2 Å². The van der Waals surface area contributed by atoms with E-state index in [1.54, 1.807) is 30.3 Å². The van der Waals surface area contributed by atoms with E-state index >= 15 is 0 Å². The summed E-state index contributed by atoms with van der Waals surface area (Å²) in [6.07, 6.45) is 0.253. The molecule has 0 aliphatic rings. The number of hydrogen-bond acceptors (Lipinski definition) is 4. The number of amides is 2. The monoisotopic (exact) mass is 659 g/mol. The molecule has 2 amide bonds. The lowest BCUT2D eigenvalue weighted by Crippen LogP contribution is -2.53. The average molecular weight is 660 g/mol. The summed E-state index contributed by atoms with van der Waals surface area (Å²) in [4.78, 5) is 30.1. The van der Waals surface area contributed by atoms with Crippen LogP contribution in [0.4, 0.5) is 5.69 Å². The topological polar surface area (TPSA) is 86.8 Å². The minimum Gasteiger partial charge on any atom is -0.354 e. The van der Waals surface area contributed by atoms with Crippen molar-refractivity contribution in [2.45, 2.75) is 58.5 Å². The number of aryl methyl sites for hydroxylation is 3. The summed E-state index contributed by atoms with van der Waals surface area (Å²) in [7, 11) is -4.21. The summed E-state index contributed by atoms with van der Waals surface area (Å²) < 4.78 is 29.5. The van der Waals surface area contributed by atoms with Gasteiger partial charge in [-0.15, -0.1) is 0 Å². The molecule has 0 unspecified atom stereocenters. The summed E-state index contributed by atoms with van der Waals surface area (Å²) in [5.41, 5.74) is 4.62. The first kappa shape index (κ1) is 34.7. The van der Waals surface area contributed by atoms with Gasteiger partial charge in [-0.25, -0.2) is 8.42 Å². The SMILES string of the molecule is Cc1ccc(S(=O)(=O)N(CC(=O)N(Cc2ccccc2C)[C@H](Cc2ccccc2)C(=O)NCC(C)C)c2ccc(C)c(Cl)c2)cc1. The Hall–Kier alpha value is -4.14. The summed E-state index contributed by atoms with van der Waals surface area (Å²) in [6.45, 7) is 9.67. The third kappa shape index (κ3) is 8.77. The highest BCUT2D eigenvalue weighted by Gasteiger charge is 2.35. The van der Waals surface area contributed by atoms with E-state index in [1.807, 2.05) is 89.2 Å². The predicted octanol–water partition coefficient (Wildman–Crippen LogP) is 6.87. The third-order valence-corrected chi connectivity index (χ3v) is 10.1. The first-order chi connectivity index (χ1) is 21.9. The van der Waals surface area contributed by atoms with Crippen molar-refractivity contribution in [2.24, 2.45) is 5.92 Å². The average Bonchev–Trinajstić information content (AvgIpc) is 3.03. The molecule has 0 aliphatic carbocycles. The van der Waals surface area contributed by atoms with Gasteiger partial charge in [-0.3, -0.25) is 13.9 Å². The lowest BCUT2D eigenvalue weighted by atomic mass is 10.0. The largest absolute Gasteiger partial charge is 0.354 e. The van der Waals surface area contributed by atoms with E-state index in [0.717, 1.165) is 32.1 Å². The lowest BCUT2D eigenvalue weighted by Gasteiger charge is -2.34. The van der Waals surface area contributed by atoms with Crippen molar-refractivity contribution in [2.75, 3.05) is 17.4 Å². The van der Waals surface area contributed by atoms with Gasteiger partial charge in [0.15, 0.2) is 0 Å². The number of benzene rings is 4. The van der Waals surface area contributed by atoms with Gasteiger partial charge in [0.2, 0.25) is 11.8 Å². The van der Waals surface area contributed by atoms with Gasteiger partial charge in [-0.1, -0.05) is 104 Å². The van der Waals surface area contributed by atoms with Crippen molar-refractivity contribution in [3.63, 3.8) is 0 Å². The molecule has 0 fully saturated rings. The van der Waals surface area contributed by atoms with Crippen LogP contribution >= 0.6 is 11.6 Å². The number of nitrogens with zero attached hydrogens (tertiary/aromatic N) is 2. The highest BCUT2D eigenvalue weighted by Crippen LogP contribution is 2.29. The zero-order valence-electron chi connectivity index (χ0n) is 27.0. The van der Waals surface area contributed by atoms with E-state index in [9.17, 15) is 18.0 Å². The van der Waals surface area contributed by atoms with Gasteiger partial charge in [0, 0.05) is 24.5 Å². The molecular weight excluding hydrogens is 618 g/mol. The molecule has 0 radical (unpaired) electrons. The summed E-state index contributed by atoms with van der Waals surface area (Å²) in [5.74, 6) is -0.620. The molecule has 0 aromatic heterocycles. The Balaban J connectivity index is 1.82. The zero-order chi connectivity index (χ0) is 33.4. The molecule has 0 saturated carbocycles. The van der Waals surface area contributed by atoms with Crippen LogP contribution in [0.1, 0.15) is 41.7 Å². The van der Waals surface area contributed by atoms with Gasteiger partial charge in [0.1, 0.15) is 12.6 Å². The van der Waals surface area contributed by atoms with Crippen molar-refractivity contribution in [3.05, 3.63) is 130 Å². The number of nitrogens with one attached hydrogen (secondary N) is 1. The molecule has 1 N–H and O–H groups in total. The van der Waals surface area contributed by atoms with E-state index in [0.29, 0.717) is 11.6 Å². The van der Waals surface area contributed by atoms with Crippen LogP contribution in [0.15, 0.2) is 102 Å². The Morgan fingerprint density at radius 3 is 2.11 bits per heavy atom. The van der Waals surface area contributed by atoms with Gasteiger partial charge in [-0.2, -0.15) is 0 Å². The van der Waals surface area contributed by atoms with Crippen LogP contribution < -0.4 is 9.62 Å². The summed E-state index contributed by atoms with van der Waals surface area (Å²) in [6, 6.07) is 27.7. The van der Waals surface area contributed by atoms with E-state index in [-0.39, 0.29) is 35.4 Å². The van der Waals surface area contributed by atoms with Crippen LogP contribution in [0.5, 0.6) is 0 Å². The summed E-state index contributed by atoms with van der Waals surface area (Å²) in [5, 5.41) is 3.39. The van der Waals surface area contributed by atoms with Crippen LogP contribution in [0.25, 0.3) is 0 Å². The predicted molar refractivity (Wildman–Crippen MR) is 185 cm³/mol. The maximum absolute atomic E-state index is 14.6. The molecular formula is C37H42ClN3O4S. The molecule has 0 heterocycles. The van der Waals surface area contributed by atoms with Crippen molar-refractivity contribution >= 4 is 39.1 Å². The Morgan fingerprint density at radius 2 is 1.48 bits per heavy atom. The van der Waals surface area contributed by atoms with Crippen molar-refractivity contribution in [3.8, 4) is 0 Å². The molecule has 4 aromatic rings. The van der Waals surface area contributed by atoms with Gasteiger partial charge in [-0.05, 0) is 73.2 Å². The van der Waals surface area contributed by atoms with E-state index in [2.05, 4.69) is 5.32 Å². The standard InChI is InChI=1S/C37H42ClN3O4S/c1-26(2)23-39-37(43)35(21-30-12-7-6-8-13-30)40(24-31-14-10-9-11-28(31)4)36(42)25-41(32-18-17-29(5)34(38)22-32)46(44,45)33-19-15-27(3)16-20-33/h6-20,22,26,35H,21,23-25H2,1-5H3,(H,39,43)/t35-/m1/s1.